The Kier molecular flexibility index (Phi) is 7.21. The van der Waals surface area contributed by atoms with E-state index in [2.05, 4.69) is 16.1 Å². The number of benzene rings is 2. The first-order chi connectivity index (χ1) is 14.5. The molecule has 1 aliphatic heterocycles. The van der Waals surface area contributed by atoms with Crippen LogP contribution in [0.3, 0.4) is 0 Å². The number of hydrogen-bond donors (Lipinski definition) is 1. The molecular formula is C22H24F2N2O4. The third-order valence-corrected chi connectivity index (χ3v) is 4.98. The summed E-state index contributed by atoms with van der Waals surface area (Å²) in [5.41, 5.74) is 2.72. The van der Waals surface area contributed by atoms with Gasteiger partial charge >= 0.3 is 6.61 Å². The van der Waals surface area contributed by atoms with Crippen molar-refractivity contribution in [3.8, 4) is 11.5 Å². The van der Waals surface area contributed by atoms with Crippen LogP contribution in [0.5, 0.6) is 11.5 Å². The number of methoxy groups -OCH3 is 1. The number of nitrogens with one attached hydrogen (secondary N) is 1. The van der Waals surface area contributed by atoms with Gasteiger partial charge in [0.15, 0.2) is 11.5 Å². The second kappa shape index (κ2) is 10.0. The maximum absolute atomic E-state index is 12.5. The Hall–Kier alpha value is -3.16. The molecule has 0 radical (unpaired) electrons. The molecule has 0 spiro atoms. The Bertz CT molecular complexity index is 904. The number of fused-ring (bicyclic) bond motifs is 1. The highest BCUT2D eigenvalue weighted by Gasteiger charge is 2.20. The van der Waals surface area contributed by atoms with Gasteiger partial charge in [0, 0.05) is 31.6 Å². The lowest BCUT2D eigenvalue weighted by molar-refractivity contribution is -0.132. The second-order valence-electron chi connectivity index (χ2n) is 6.94. The Morgan fingerprint density at radius 1 is 1.13 bits per heavy atom. The highest BCUT2D eigenvalue weighted by atomic mass is 19.3. The zero-order valence-corrected chi connectivity index (χ0v) is 16.7. The van der Waals surface area contributed by atoms with Crippen LogP contribution in [0, 0.1) is 0 Å². The summed E-state index contributed by atoms with van der Waals surface area (Å²) in [6, 6.07) is 12.1. The Balaban J connectivity index is 1.45. The molecule has 2 aromatic carbocycles. The summed E-state index contributed by atoms with van der Waals surface area (Å²) >= 11 is 0. The minimum atomic E-state index is -2.98. The van der Waals surface area contributed by atoms with E-state index in [1.54, 1.807) is 0 Å². The fourth-order valence-corrected chi connectivity index (χ4v) is 3.41. The fourth-order valence-electron chi connectivity index (χ4n) is 3.41. The van der Waals surface area contributed by atoms with E-state index in [-0.39, 0.29) is 28.9 Å². The van der Waals surface area contributed by atoms with Crippen LogP contribution in [0.1, 0.15) is 34.3 Å². The minimum absolute atomic E-state index is 0.0449. The molecule has 30 heavy (non-hydrogen) atoms. The molecule has 0 bridgehead atoms. The van der Waals surface area contributed by atoms with Gasteiger partial charge in [-0.3, -0.25) is 9.59 Å². The quantitative estimate of drug-likeness (QED) is 0.668. The summed E-state index contributed by atoms with van der Waals surface area (Å²) in [7, 11) is 1.31. The molecule has 0 saturated carbocycles. The number of hydrogen-bond acceptors (Lipinski definition) is 4. The third kappa shape index (κ3) is 5.46. The van der Waals surface area contributed by atoms with E-state index in [9.17, 15) is 18.4 Å². The number of carbonyl (C=O) groups excluding carboxylic acids is 2. The van der Waals surface area contributed by atoms with Gasteiger partial charge in [-0.15, -0.1) is 0 Å². The van der Waals surface area contributed by atoms with Gasteiger partial charge in [-0.05, 0) is 42.2 Å². The lowest BCUT2D eigenvalue weighted by Crippen LogP contribution is -2.36. The van der Waals surface area contributed by atoms with Gasteiger partial charge in [0.05, 0.1) is 7.11 Å². The van der Waals surface area contributed by atoms with Crippen LogP contribution in [0.15, 0.2) is 42.5 Å². The van der Waals surface area contributed by atoms with Gasteiger partial charge in [-0.25, -0.2) is 0 Å². The van der Waals surface area contributed by atoms with Gasteiger partial charge in [0.25, 0.3) is 5.91 Å². The summed E-state index contributed by atoms with van der Waals surface area (Å²) < 4.78 is 34.1. The molecule has 1 aliphatic rings. The van der Waals surface area contributed by atoms with Crippen molar-refractivity contribution in [2.45, 2.75) is 32.4 Å². The first kappa shape index (κ1) is 21.5. The van der Waals surface area contributed by atoms with Crippen molar-refractivity contribution in [2.24, 2.45) is 0 Å². The standard InChI is InChI=1S/C22H24F2N2O4/c1-29-19-13-16(8-9-18(19)30-22(23)24)21(28)25-11-4-7-20(27)26-12-10-15-5-2-3-6-17(15)14-26/h2-3,5-6,8-9,13,22H,4,7,10-12,14H2,1H3,(H,25,28). The molecular weight excluding hydrogens is 394 g/mol. The average Bonchev–Trinajstić information content (AvgIpc) is 2.75. The largest absolute Gasteiger partial charge is 0.493 e. The monoisotopic (exact) mass is 418 g/mol. The maximum Gasteiger partial charge on any atom is 0.387 e. The topological polar surface area (TPSA) is 67.9 Å². The van der Waals surface area contributed by atoms with E-state index in [4.69, 9.17) is 4.74 Å². The number of carbonyl (C=O) groups is 2. The van der Waals surface area contributed by atoms with Crippen LogP contribution in [0.2, 0.25) is 0 Å². The van der Waals surface area contributed by atoms with Crippen LogP contribution in [-0.4, -0.2) is 43.5 Å². The van der Waals surface area contributed by atoms with E-state index in [0.29, 0.717) is 32.5 Å². The van der Waals surface area contributed by atoms with Gasteiger partial charge in [0.1, 0.15) is 0 Å². The van der Waals surface area contributed by atoms with E-state index in [1.165, 1.54) is 36.4 Å². The molecule has 0 fully saturated rings. The van der Waals surface area contributed by atoms with Crippen molar-refractivity contribution in [2.75, 3.05) is 20.2 Å². The van der Waals surface area contributed by atoms with Crippen LogP contribution < -0.4 is 14.8 Å². The SMILES string of the molecule is COc1cc(C(=O)NCCCC(=O)N2CCc3ccccc3C2)ccc1OC(F)F. The molecule has 8 heteroatoms. The smallest absolute Gasteiger partial charge is 0.387 e. The summed E-state index contributed by atoms with van der Waals surface area (Å²) in [6.07, 6.45) is 1.70. The number of amides is 2. The van der Waals surface area contributed by atoms with E-state index in [0.717, 1.165) is 6.42 Å². The molecule has 6 nitrogen and oxygen atoms in total. The predicted molar refractivity (Wildman–Crippen MR) is 107 cm³/mol. The van der Waals surface area contributed by atoms with Crippen LogP contribution in [0.4, 0.5) is 8.78 Å². The van der Waals surface area contributed by atoms with Crippen molar-refractivity contribution >= 4 is 11.8 Å². The summed E-state index contributed by atoms with van der Waals surface area (Å²) in [4.78, 5) is 26.6. The molecule has 0 aliphatic carbocycles. The van der Waals surface area contributed by atoms with Crippen molar-refractivity contribution in [3.63, 3.8) is 0 Å². The van der Waals surface area contributed by atoms with Crippen molar-refractivity contribution in [3.05, 3.63) is 59.2 Å². The van der Waals surface area contributed by atoms with Crippen molar-refractivity contribution in [1.29, 1.82) is 0 Å². The van der Waals surface area contributed by atoms with Crippen LogP contribution in [0.25, 0.3) is 0 Å². The number of rotatable bonds is 8. The summed E-state index contributed by atoms with van der Waals surface area (Å²) in [5.74, 6) is -0.411. The van der Waals surface area contributed by atoms with Gasteiger partial charge in [0.2, 0.25) is 5.91 Å². The molecule has 2 amide bonds. The van der Waals surface area contributed by atoms with Crippen molar-refractivity contribution in [1.82, 2.24) is 10.2 Å². The minimum Gasteiger partial charge on any atom is -0.493 e. The molecule has 0 unspecified atom stereocenters. The Morgan fingerprint density at radius 2 is 1.90 bits per heavy atom. The highest BCUT2D eigenvalue weighted by molar-refractivity contribution is 5.94. The normalized spacial score (nSPS) is 13.0. The Labute approximate surface area is 173 Å². The number of halogens is 2. The molecule has 0 aromatic heterocycles. The molecule has 1 N–H and O–H groups in total. The number of ether oxygens (including phenoxy) is 2. The summed E-state index contributed by atoms with van der Waals surface area (Å²) in [6.45, 7) is -1.33. The molecule has 0 saturated heterocycles. The first-order valence-corrected chi connectivity index (χ1v) is 9.73. The van der Waals surface area contributed by atoms with Crippen molar-refractivity contribution < 1.29 is 27.8 Å². The van der Waals surface area contributed by atoms with Crippen LogP contribution in [-0.2, 0) is 17.8 Å². The van der Waals surface area contributed by atoms with E-state index in [1.807, 2.05) is 23.1 Å². The van der Waals surface area contributed by atoms with E-state index < -0.39 is 6.61 Å². The average molecular weight is 418 g/mol. The predicted octanol–water partition coefficient (Wildman–Crippen LogP) is 3.39. The highest BCUT2D eigenvalue weighted by Crippen LogP contribution is 2.29. The molecule has 1 heterocycles. The lowest BCUT2D eigenvalue weighted by atomic mass is 9.99. The number of alkyl halides is 2. The van der Waals surface area contributed by atoms with Gasteiger partial charge in [-0.2, -0.15) is 8.78 Å². The zero-order valence-electron chi connectivity index (χ0n) is 16.7. The van der Waals surface area contributed by atoms with E-state index >= 15 is 0 Å². The first-order valence-electron chi connectivity index (χ1n) is 9.73. The maximum atomic E-state index is 12.5. The zero-order chi connectivity index (χ0) is 21.5. The third-order valence-electron chi connectivity index (χ3n) is 4.98. The lowest BCUT2D eigenvalue weighted by Gasteiger charge is -2.29. The molecule has 160 valence electrons. The molecule has 2 aromatic rings. The second-order valence-corrected chi connectivity index (χ2v) is 6.94. The van der Waals surface area contributed by atoms with Gasteiger partial charge in [-0.1, -0.05) is 24.3 Å². The Morgan fingerprint density at radius 3 is 2.63 bits per heavy atom. The number of nitrogens with zero attached hydrogens (tertiary/aromatic N) is 1. The summed E-state index contributed by atoms with van der Waals surface area (Å²) in [5, 5.41) is 2.73. The van der Waals surface area contributed by atoms with Crippen LogP contribution >= 0.6 is 0 Å². The van der Waals surface area contributed by atoms with Gasteiger partial charge < -0.3 is 19.7 Å². The molecule has 0 atom stereocenters. The fraction of sp³-hybridized carbons (Fsp3) is 0.364. The molecule has 3 rings (SSSR count).